The normalized spacial score (nSPS) is 9.91. The predicted molar refractivity (Wildman–Crippen MR) is 88.8 cm³/mol. The lowest BCUT2D eigenvalue weighted by molar-refractivity contribution is 0.932. The summed E-state index contributed by atoms with van der Waals surface area (Å²) in [5.74, 6) is 1.05. The zero-order valence-electron chi connectivity index (χ0n) is 12.5. The number of para-hydroxylation sites is 1. The fraction of sp³-hybridized carbons (Fsp3) is 0.0588. The number of nitrogens with zero attached hydrogens (tertiary/aromatic N) is 5. The summed E-state index contributed by atoms with van der Waals surface area (Å²) in [5, 5.41) is 20.1. The van der Waals surface area contributed by atoms with Crippen LogP contribution < -0.4 is 10.2 Å². The lowest BCUT2D eigenvalue weighted by atomic mass is 10.2. The van der Waals surface area contributed by atoms with Crippen molar-refractivity contribution in [3.05, 3.63) is 66.4 Å². The van der Waals surface area contributed by atoms with Crippen LogP contribution in [0.4, 0.5) is 23.1 Å². The van der Waals surface area contributed by atoms with Gasteiger partial charge in [0.25, 0.3) is 5.95 Å². The first-order valence-corrected chi connectivity index (χ1v) is 7.02. The first kappa shape index (κ1) is 14.5. The van der Waals surface area contributed by atoms with Crippen LogP contribution in [0.15, 0.2) is 60.8 Å². The fourth-order valence-corrected chi connectivity index (χ4v) is 2.08. The zero-order chi connectivity index (χ0) is 16.1. The van der Waals surface area contributed by atoms with Gasteiger partial charge >= 0.3 is 0 Å². The lowest BCUT2D eigenvalue weighted by Crippen LogP contribution is -2.14. The molecule has 0 amide bonds. The van der Waals surface area contributed by atoms with E-state index in [1.54, 1.807) is 18.3 Å². The molecule has 0 saturated carbocycles. The molecule has 3 rings (SSSR count). The highest BCUT2D eigenvalue weighted by Crippen LogP contribution is 2.21. The topological polar surface area (TPSA) is 77.7 Å². The SMILES string of the molecule is CN(c1ccccc1)c1nncc(Nc2cccc(C#N)c2)n1. The van der Waals surface area contributed by atoms with Crippen molar-refractivity contribution >= 4 is 23.1 Å². The minimum atomic E-state index is 0.484. The molecule has 1 N–H and O–H groups in total. The number of anilines is 4. The van der Waals surface area contributed by atoms with Crippen LogP contribution in [0.2, 0.25) is 0 Å². The number of hydrogen-bond acceptors (Lipinski definition) is 6. The number of rotatable bonds is 4. The van der Waals surface area contributed by atoms with E-state index in [1.165, 1.54) is 0 Å². The van der Waals surface area contributed by atoms with Gasteiger partial charge in [0.2, 0.25) is 0 Å². The van der Waals surface area contributed by atoms with E-state index in [1.807, 2.05) is 54.4 Å². The molecule has 2 aromatic carbocycles. The molecule has 6 nitrogen and oxygen atoms in total. The second-order valence-electron chi connectivity index (χ2n) is 4.85. The summed E-state index contributed by atoms with van der Waals surface area (Å²) in [6.45, 7) is 0. The molecule has 0 aliphatic rings. The molecule has 0 aliphatic carbocycles. The highest BCUT2D eigenvalue weighted by atomic mass is 15.3. The van der Waals surface area contributed by atoms with E-state index >= 15 is 0 Å². The van der Waals surface area contributed by atoms with Crippen LogP contribution in [0.25, 0.3) is 0 Å². The second kappa shape index (κ2) is 6.54. The summed E-state index contributed by atoms with van der Waals surface area (Å²) in [4.78, 5) is 6.31. The second-order valence-corrected chi connectivity index (χ2v) is 4.85. The summed E-state index contributed by atoms with van der Waals surface area (Å²) in [7, 11) is 1.88. The minimum absolute atomic E-state index is 0.484. The van der Waals surface area contributed by atoms with E-state index in [9.17, 15) is 0 Å². The van der Waals surface area contributed by atoms with Crippen molar-refractivity contribution in [1.82, 2.24) is 15.2 Å². The summed E-state index contributed by atoms with van der Waals surface area (Å²) < 4.78 is 0. The Bertz CT molecular complexity index is 841. The van der Waals surface area contributed by atoms with Gasteiger partial charge < -0.3 is 10.2 Å². The molecule has 6 heteroatoms. The van der Waals surface area contributed by atoms with Crippen molar-refractivity contribution in [3.63, 3.8) is 0 Å². The molecule has 0 atom stereocenters. The van der Waals surface area contributed by atoms with Crippen LogP contribution in [0.5, 0.6) is 0 Å². The Morgan fingerprint density at radius 3 is 2.70 bits per heavy atom. The van der Waals surface area contributed by atoms with Gasteiger partial charge in [0, 0.05) is 18.4 Å². The van der Waals surface area contributed by atoms with Crippen LogP contribution in [-0.4, -0.2) is 22.2 Å². The maximum absolute atomic E-state index is 8.95. The first-order valence-electron chi connectivity index (χ1n) is 7.02. The van der Waals surface area contributed by atoms with Crippen molar-refractivity contribution in [3.8, 4) is 6.07 Å². The molecule has 1 aromatic heterocycles. The number of hydrogen-bond donors (Lipinski definition) is 1. The van der Waals surface area contributed by atoms with Gasteiger partial charge in [0.05, 0.1) is 17.8 Å². The molecule has 0 aliphatic heterocycles. The molecule has 3 aromatic rings. The van der Waals surface area contributed by atoms with E-state index in [0.717, 1.165) is 11.4 Å². The van der Waals surface area contributed by atoms with Crippen molar-refractivity contribution < 1.29 is 0 Å². The average molecular weight is 302 g/mol. The van der Waals surface area contributed by atoms with Gasteiger partial charge in [-0.05, 0) is 30.3 Å². The Hall–Kier alpha value is -3.46. The van der Waals surface area contributed by atoms with Crippen LogP contribution >= 0.6 is 0 Å². The third-order valence-electron chi connectivity index (χ3n) is 3.26. The number of benzene rings is 2. The van der Waals surface area contributed by atoms with Gasteiger partial charge in [-0.25, -0.2) is 0 Å². The Morgan fingerprint density at radius 2 is 1.91 bits per heavy atom. The van der Waals surface area contributed by atoms with Crippen molar-refractivity contribution in [2.45, 2.75) is 0 Å². The number of aromatic nitrogens is 3. The monoisotopic (exact) mass is 302 g/mol. The van der Waals surface area contributed by atoms with E-state index < -0.39 is 0 Å². The highest BCUT2D eigenvalue weighted by molar-refractivity contribution is 5.61. The van der Waals surface area contributed by atoms with Crippen LogP contribution in [0.3, 0.4) is 0 Å². The summed E-state index contributed by atoms with van der Waals surface area (Å²) >= 11 is 0. The number of nitriles is 1. The smallest absolute Gasteiger partial charge is 0.251 e. The maximum Gasteiger partial charge on any atom is 0.251 e. The third-order valence-corrected chi connectivity index (χ3v) is 3.26. The van der Waals surface area contributed by atoms with Gasteiger partial charge in [-0.1, -0.05) is 24.3 Å². The highest BCUT2D eigenvalue weighted by Gasteiger charge is 2.08. The zero-order valence-corrected chi connectivity index (χ0v) is 12.5. The molecule has 0 spiro atoms. The Balaban J connectivity index is 1.84. The predicted octanol–water partition coefficient (Wildman–Crippen LogP) is 3.25. The molecule has 0 saturated heterocycles. The molecule has 1 heterocycles. The van der Waals surface area contributed by atoms with E-state index in [-0.39, 0.29) is 0 Å². The molecular formula is C17H14N6. The molecule has 0 radical (unpaired) electrons. The van der Waals surface area contributed by atoms with Crippen molar-refractivity contribution in [2.24, 2.45) is 0 Å². The van der Waals surface area contributed by atoms with Crippen LogP contribution in [0, 0.1) is 11.3 Å². The number of nitrogens with one attached hydrogen (secondary N) is 1. The minimum Gasteiger partial charge on any atom is -0.339 e. The molecule has 112 valence electrons. The Labute approximate surface area is 134 Å². The van der Waals surface area contributed by atoms with E-state index in [4.69, 9.17) is 5.26 Å². The maximum atomic E-state index is 8.95. The quantitative estimate of drug-likeness (QED) is 0.797. The summed E-state index contributed by atoms with van der Waals surface area (Å²) in [5.41, 5.74) is 2.33. The van der Waals surface area contributed by atoms with Gasteiger partial charge in [-0.15, -0.1) is 5.10 Å². The standard InChI is InChI=1S/C17H14N6/c1-23(15-8-3-2-4-9-15)17-21-16(12-19-22-17)20-14-7-5-6-13(10-14)11-18/h2-10,12H,1H3,(H,20,21,22). The van der Waals surface area contributed by atoms with Gasteiger partial charge in [0.15, 0.2) is 5.82 Å². The van der Waals surface area contributed by atoms with Crippen LogP contribution in [0.1, 0.15) is 5.56 Å². The molecule has 23 heavy (non-hydrogen) atoms. The van der Waals surface area contributed by atoms with Crippen molar-refractivity contribution in [1.29, 1.82) is 5.26 Å². The lowest BCUT2D eigenvalue weighted by Gasteiger charge is -2.17. The largest absolute Gasteiger partial charge is 0.339 e. The first-order chi connectivity index (χ1) is 11.3. The average Bonchev–Trinajstić information content (AvgIpc) is 2.62. The Kier molecular flexibility index (Phi) is 4.11. The van der Waals surface area contributed by atoms with E-state index in [2.05, 4.69) is 26.6 Å². The summed E-state index contributed by atoms with van der Waals surface area (Å²) in [6, 6.07) is 19.1. The third kappa shape index (κ3) is 3.41. The molecule has 0 unspecified atom stereocenters. The summed E-state index contributed by atoms with van der Waals surface area (Å²) in [6.07, 6.45) is 1.54. The molecule has 0 fully saturated rings. The fourth-order valence-electron chi connectivity index (χ4n) is 2.08. The van der Waals surface area contributed by atoms with Crippen LogP contribution in [-0.2, 0) is 0 Å². The molecular weight excluding hydrogens is 288 g/mol. The van der Waals surface area contributed by atoms with Crippen molar-refractivity contribution in [2.75, 3.05) is 17.3 Å². The van der Waals surface area contributed by atoms with Gasteiger partial charge in [0.1, 0.15) is 0 Å². The Morgan fingerprint density at radius 1 is 1.09 bits per heavy atom. The van der Waals surface area contributed by atoms with Gasteiger partial charge in [-0.2, -0.15) is 15.3 Å². The van der Waals surface area contributed by atoms with Gasteiger partial charge in [-0.3, -0.25) is 0 Å². The van der Waals surface area contributed by atoms with E-state index in [0.29, 0.717) is 17.3 Å². The molecule has 0 bridgehead atoms.